The van der Waals surface area contributed by atoms with Crippen LogP contribution in [0.2, 0.25) is 0 Å². The zero-order valence-corrected chi connectivity index (χ0v) is 14.9. The minimum Gasteiger partial charge on any atom is -0.296 e. The Bertz CT molecular complexity index is 911. The summed E-state index contributed by atoms with van der Waals surface area (Å²) >= 11 is 4.01. The quantitative estimate of drug-likeness (QED) is 0.467. The number of carbonyl (C=O) groups excluding carboxylic acids is 1. The number of rotatable bonds is 4. The number of nitriles is 1. The highest BCUT2D eigenvalue weighted by molar-refractivity contribution is 9.10. The molecule has 0 saturated heterocycles. The Morgan fingerprint density at radius 1 is 1.35 bits per heavy atom. The van der Waals surface area contributed by atoms with Gasteiger partial charge in [-0.15, -0.1) is 10.2 Å². The molecule has 0 aliphatic carbocycles. The van der Waals surface area contributed by atoms with Gasteiger partial charge in [-0.3, -0.25) is 10.1 Å². The number of amides is 1. The van der Waals surface area contributed by atoms with Crippen LogP contribution in [0.5, 0.6) is 0 Å². The third-order valence-corrected chi connectivity index (χ3v) is 5.53. The third-order valence-electron chi connectivity index (χ3n) is 2.49. The van der Waals surface area contributed by atoms with Crippen LogP contribution < -0.4 is 5.32 Å². The Morgan fingerprint density at radius 2 is 2.00 bits per heavy atom. The molecule has 0 radical (unpaired) electrons. The summed E-state index contributed by atoms with van der Waals surface area (Å²) in [5.74, 6) is -0.688. The second-order valence-electron chi connectivity index (χ2n) is 4.32. The van der Waals surface area contributed by atoms with Gasteiger partial charge in [-0.2, -0.15) is 5.26 Å². The largest absolute Gasteiger partial charge is 0.296 e. The Hall–Kier alpha value is -2.09. The topological polar surface area (TPSA) is 113 Å². The number of anilines is 1. The van der Waals surface area contributed by atoms with Crippen LogP contribution in [0.1, 0.15) is 5.56 Å². The van der Waals surface area contributed by atoms with E-state index >= 15 is 0 Å². The van der Waals surface area contributed by atoms with Crippen molar-refractivity contribution in [1.82, 2.24) is 10.2 Å². The van der Waals surface area contributed by atoms with Crippen LogP contribution >= 0.6 is 27.3 Å². The van der Waals surface area contributed by atoms with Gasteiger partial charge < -0.3 is 0 Å². The van der Waals surface area contributed by atoms with Crippen molar-refractivity contribution in [2.75, 3.05) is 11.6 Å². The maximum atomic E-state index is 12.1. The highest BCUT2D eigenvalue weighted by Gasteiger charge is 2.17. The summed E-state index contributed by atoms with van der Waals surface area (Å²) in [6.45, 7) is 0. The first-order valence-corrected chi connectivity index (χ1v) is 9.52. The van der Waals surface area contributed by atoms with Crippen molar-refractivity contribution in [3.05, 3.63) is 39.9 Å². The second kappa shape index (κ2) is 6.99. The molecule has 0 atom stereocenters. The van der Waals surface area contributed by atoms with Crippen LogP contribution in [0.25, 0.3) is 6.08 Å². The summed E-state index contributed by atoms with van der Waals surface area (Å²) in [4.78, 5) is 12.1. The number of hydrogen-bond donors (Lipinski definition) is 1. The Balaban J connectivity index is 2.19. The van der Waals surface area contributed by atoms with Crippen LogP contribution in [0, 0.1) is 11.3 Å². The minimum atomic E-state index is -3.49. The van der Waals surface area contributed by atoms with Gasteiger partial charge in [0.25, 0.3) is 5.91 Å². The fraction of sp³-hybridized carbons (Fsp3) is 0.0769. The average molecular weight is 413 g/mol. The monoisotopic (exact) mass is 412 g/mol. The lowest BCUT2D eigenvalue weighted by Gasteiger charge is -2.00. The molecule has 0 fully saturated rings. The predicted molar refractivity (Wildman–Crippen MR) is 89.4 cm³/mol. The number of sulfone groups is 1. The van der Waals surface area contributed by atoms with Crippen LogP contribution in [-0.4, -0.2) is 30.8 Å². The van der Waals surface area contributed by atoms with Crippen LogP contribution in [0.15, 0.2) is 38.7 Å². The van der Waals surface area contributed by atoms with E-state index in [9.17, 15) is 13.2 Å². The molecule has 0 bridgehead atoms. The molecular weight excluding hydrogens is 404 g/mol. The van der Waals surface area contributed by atoms with E-state index in [0.717, 1.165) is 22.1 Å². The van der Waals surface area contributed by atoms with Gasteiger partial charge in [0.1, 0.15) is 11.6 Å². The van der Waals surface area contributed by atoms with Crippen molar-refractivity contribution in [3.63, 3.8) is 0 Å². The standard InChI is InChI=1S/C13H9BrN4O3S2/c1-23(20,21)13-18-17-12(22-13)16-11(19)9(7-15)6-8-2-4-10(14)5-3-8/h2-6H,1H3,(H,16,17,19)/b9-6-. The van der Waals surface area contributed by atoms with Crippen LogP contribution in [0.4, 0.5) is 5.13 Å². The van der Waals surface area contributed by atoms with Gasteiger partial charge in [-0.25, -0.2) is 8.42 Å². The number of nitrogens with one attached hydrogen (secondary N) is 1. The average Bonchev–Trinajstić information content (AvgIpc) is 2.95. The fourth-order valence-electron chi connectivity index (χ4n) is 1.45. The van der Waals surface area contributed by atoms with E-state index in [2.05, 4.69) is 31.4 Å². The zero-order chi connectivity index (χ0) is 17.0. The molecule has 23 heavy (non-hydrogen) atoms. The molecule has 0 aliphatic heterocycles. The summed E-state index contributed by atoms with van der Waals surface area (Å²) < 4.78 is 23.3. The van der Waals surface area contributed by atoms with Gasteiger partial charge in [0.2, 0.25) is 19.3 Å². The van der Waals surface area contributed by atoms with Crippen molar-refractivity contribution in [2.45, 2.75) is 4.34 Å². The SMILES string of the molecule is CS(=O)(=O)c1nnc(NC(=O)/C(C#N)=C\c2ccc(Br)cc2)s1. The van der Waals surface area contributed by atoms with Gasteiger partial charge >= 0.3 is 0 Å². The van der Waals surface area contributed by atoms with E-state index in [0.29, 0.717) is 5.56 Å². The number of benzene rings is 1. The van der Waals surface area contributed by atoms with Gasteiger partial charge in [0, 0.05) is 10.7 Å². The van der Waals surface area contributed by atoms with Crippen molar-refractivity contribution >= 4 is 54.2 Å². The van der Waals surface area contributed by atoms with Crippen LogP contribution in [0.3, 0.4) is 0 Å². The first kappa shape index (κ1) is 17.3. The maximum absolute atomic E-state index is 12.1. The van der Waals surface area contributed by atoms with E-state index < -0.39 is 15.7 Å². The van der Waals surface area contributed by atoms with Gasteiger partial charge in [-0.05, 0) is 23.8 Å². The first-order chi connectivity index (χ1) is 10.8. The lowest BCUT2D eigenvalue weighted by molar-refractivity contribution is -0.112. The normalized spacial score (nSPS) is 11.8. The Labute approximate surface area is 144 Å². The lowest BCUT2D eigenvalue weighted by atomic mass is 10.1. The van der Waals surface area contributed by atoms with Gasteiger partial charge in [0.15, 0.2) is 0 Å². The third kappa shape index (κ3) is 4.69. The molecule has 1 N–H and O–H groups in total. The predicted octanol–water partition coefficient (Wildman–Crippen LogP) is 2.25. The van der Waals surface area contributed by atoms with E-state index in [1.807, 2.05) is 0 Å². The summed E-state index contributed by atoms with van der Waals surface area (Å²) in [5.41, 5.74) is 0.539. The highest BCUT2D eigenvalue weighted by Crippen LogP contribution is 2.20. The molecule has 0 saturated carbocycles. The molecule has 1 aromatic heterocycles. The second-order valence-corrected chi connectivity index (χ2v) is 8.40. The van der Waals surface area contributed by atoms with E-state index in [1.54, 1.807) is 30.3 Å². The number of hydrogen-bond acceptors (Lipinski definition) is 7. The van der Waals surface area contributed by atoms with Crippen molar-refractivity contribution in [2.24, 2.45) is 0 Å². The molecule has 10 heteroatoms. The van der Waals surface area contributed by atoms with E-state index in [-0.39, 0.29) is 15.0 Å². The van der Waals surface area contributed by atoms with Crippen molar-refractivity contribution in [3.8, 4) is 6.07 Å². The number of nitrogens with zero attached hydrogens (tertiary/aromatic N) is 3. The Morgan fingerprint density at radius 3 is 2.52 bits per heavy atom. The first-order valence-electron chi connectivity index (χ1n) is 6.02. The van der Waals surface area contributed by atoms with E-state index in [1.165, 1.54) is 6.08 Å². The van der Waals surface area contributed by atoms with Crippen molar-refractivity contribution < 1.29 is 13.2 Å². The van der Waals surface area contributed by atoms with E-state index in [4.69, 9.17) is 5.26 Å². The van der Waals surface area contributed by atoms with Gasteiger partial charge in [0.05, 0.1) is 0 Å². The zero-order valence-electron chi connectivity index (χ0n) is 11.6. The molecule has 1 amide bonds. The summed E-state index contributed by atoms with van der Waals surface area (Å²) in [7, 11) is -3.49. The lowest BCUT2D eigenvalue weighted by Crippen LogP contribution is -2.13. The molecule has 7 nitrogen and oxygen atoms in total. The molecule has 1 heterocycles. The molecule has 0 spiro atoms. The molecule has 118 valence electrons. The number of halogens is 1. The molecule has 0 unspecified atom stereocenters. The van der Waals surface area contributed by atoms with Crippen molar-refractivity contribution in [1.29, 1.82) is 5.26 Å². The number of carbonyl (C=O) groups is 1. The van der Waals surface area contributed by atoms with Gasteiger partial charge in [-0.1, -0.05) is 39.4 Å². The fourth-order valence-corrected chi connectivity index (χ4v) is 3.22. The number of aromatic nitrogens is 2. The maximum Gasteiger partial charge on any atom is 0.268 e. The molecule has 2 aromatic rings. The van der Waals surface area contributed by atoms with Crippen LogP contribution in [-0.2, 0) is 14.6 Å². The molecular formula is C13H9BrN4O3S2. The Kier molecular flexibility index (Phi) is 5.25. The molecule has 0 aliphatic rings. The molecule has 2 rings (SSSR count). The summed E-state index contributed by atoms with van der Waals surface area (Å²) in [6, 6.07) is 8.83. The minimum absolute atomic E-state index is 0.00683. The smallest absolute Gasteiger partial charge is 0.268 e. The summed E-state index contributed by atoms with van der Waals surface area (Å²) in [6.07, 6.45) is 2.41. The summed E-state index contributed by atoms with van der Waals surface area (Å²) in [5, 5.41) is 18.5. The highest BCUT2D eigenvalue weighted by atomic mass is 79.9. The molecule has 1 aromatic carbocycles.